The maximum Gasteiger partial charge on any atom is 0.410 e. The highest BCUT2D eigenvalue weighted by molar-refractivity contribution is 5.98. The van der Waals surface area contributed by atoms with Crippen LogP contribution in [-0.4, -0.2) is 63.5 Å². The van der Waals surface area contributed by atoms with Crippen LogP contribution in [0.2, 0.25) is 0 Å². The van der Waals surface area contributed by atoms with Crippen LogP contribution in [0.25, 0.3) is 22.1 Å². The minimum absolute atomic E-state index is 0.0575. The van der Waals surface area contributed by atoms with Crippen molar-refractivity contribution in [3.8, 4) is 0 Å². The Morgan fingerprint density at radius 2 is 1.43 bits per heavy atom. The Kier molecular flexibility index (Phi) is 5.28. The lowest BCUT2D eigenvalue weighted by Gasteiger charge is -2.26. The van der Waals surface area contributed by atoms with Gasteiger partial charge in [0.2, 0.25) is 0 Å². The summed E-state index contributed by atoms with van der Waals surface area (Å²) in [7, 11) is 0. The van der Waals surface area contributed by atoms with Crippen LogP contribution in [0.3, 0.4) is 0 Å². The standard InChI is InChI=1S/C23H26N4O3/c1-23(2,3)30-22(29)27-12-6-11-26(13-14-27)21(28)16-9-10-19-20(15-16)25-18-8-5-4-7-17(18)24-19/h4-5,7-10,15H,6,11-14H2,1-3H3. The molecule has 0 aliphatic carbocycles. The molecule has 1 saturated heterocycles. The molecular weight excluding hydrogens is 380 g/mol. The molecular formula is C23H26N4O3. The van der Waals surface area contributed by atoms with Crippen molar-refractivity contribution in [2.24, 2.45) is 0 Å². The first-order valence-electron chi connectivity index (χ1n) is 10.2. The highest BCUT2D eigenvalue weighted by Gasteiger charge is 2.26. The van der Waals surface area contributed by atoms with Gasteiger partial charge < -0.3 is 14.5 Å². The summed E-state index contributed by atoms with van der Waals surface area (Å²) >= 11 is 0. The van der Waals surface area contributed by atoms with Gasteiger partial charge in [-0.15, -0.1) is 0 Å². The quantitative estimate of drug-likeness (QED) is 0.574. The van der Waals surface area contributed by atoms with Crippen LogP contribution in [0.15, 0.2) is 42.5 Å². The van der Waals surface area contributed by atoms with Crippen LogP contribution in [0.1, 0.15) is 37.6 Å². The van der Waals surface area contributed by atoms with E-state index in [-0.39, 0.29) is 12.0 Å². The van der Waals surface area contributed by atoms with Crippen molar-refractivity contribution in [2.75, 3.05) is 26.2 Å². The fourth-order valence-electron chi connectivity index (χ4n) is 3.57. The average molecular weight is 406 g/mol. The van der Waals surface area contributed by atoms with E-state index < -0.39 is 5.60 Å². The van der Waals surface area contributed by atoms with Crippen LogP contribution < -0.4 is 0 Å². The lowest BCUT2D eigenvalue weighted by molar-refractivity contribution is 0.0255. The summed E-state index contributed by atoms with van der Waals surface area (Å²) in [6, 6.07) is 13.1. The number of benzene rings is 2. The summed E-state index contributed by atoms with van der Waals surface area (Å²) in [5, 5.41) is 0. The molecule has 1 aliphatic rings. The molecule has 30 heavy (non-hydrogen) atoms. The number of hydrogen-bond donors (Lipinski definition) is 0. The van der Waals surface area contributed by atoms with E-state index in [0.717, 1.165) is 16.6 Å². The fraction of sp³-hybridized carbons (Fsp3) is 0.391. The molecule has 2 heterocycles. The molecule has 0 N–H and O–H groups in total. The predicted octanol–water partition coefficient (Wildman–Crippen LogP) is 3.87. The average Bonchev–Trinajstić information content (AvgIpc) is 2.96. The van der Waals surface area contributed by atoms with E-state index in [1.54, 1.807) is 21.9 Å². The van der Waals surface area contributed by atoms with E-state index in [2.05, 4.69) is 9.97 Å². The van der Waals surface area contributed by atoms with E-state index in [0.29, 0.717) is 43.7 Å². The number of nitrogens with zero attached hydrogens (tertiary/aromatic N) is 4. The summed E-state index contributed by atoms with van der Waals surface area (Å²) in [5.74, 6) is -0.0575. The molecule has 7 heteroatoms. The van der Waals surface area contributed by atoms with Gasteiger partial charge in [0.15, 0.2) is 0 Å². The van der Waals surface area contributed by atoms with Gasteiger partial charge >= 0.3 is 6.09 Å². The van der Waals surface area contributed by atoms with Crippen LogP contribution in [0.4, 0.5) is 4.79 Å². The van der Waals surface area contributed by atoms with Crippen molar-refractivity contribution in [1.82, 2.24) is 19.8 Å². The number of carbonyl (C=O) groups is 2. The van der Waals surface area contributed by atoms with Crippen LogP contribution in [0.5, 0.6) is 0 Å². The Morgan fingerprint density at radius 1 is 0.833 bits per heavy atom. The van der Waals surface area contributed by atoms with E-state index in [1.807, 2.05) is 51.1 Å². The Bertz CT molecular complexity index is 1110. The number of ether oxygens (including phenoxy) is 1. The molecule has 156 valence electrons. The van der Waals surface area contributed by atoms with Crippen molar-refractivity contribution in [3.05, 3.63) is 48.0 Å². The molecule has 1 aromatic heterocycles. The number of fused-ring (bicyclic) bond motifs is 2. The first kappa shape index (κ1) is 20.1. The summed E-state index contributed by atoms with van der Waals surface area (Å²) in [5.41, 5.74) is 3.14. The molecule has 7 nitrogen and oxygen atoms in total. The Labute approximate surface area is 175 Å². The molecule has 2 amide bonds. The van der Waals surface area contributed by atoms with Crippen molar-refractivity contribution < 1.29 is 14.3 Å². The van der Waals surface area contributed by atoms with Crippen LogP contribution >= 0.6 is 0 Å². The van der Waals surface area contributed by atoms with Gasteiger partial charge in [-0.25, -0.2) is 14.8 Å². The Balaban J connectivity index is 1.50. The molecule has 2 aromatic carbocycles. The molecule has 0 atom stereocenters. The van der Waals surface area contributed by atoms with Crippen molar-refractivity contribution in [3.63, 3.8) is 0 Å². The van der Waals surface area contributed by atoms with Gasteiger partial charge in [-0.3, -0.25) is 4.79 Å². The lowest BCUT2D eigenvalue weighted by Crippen LogP contribution is -2.40. The first-order valence-corrected chi connectivity index (χ1v) is 10.2. The molecule has 0 radical (unpaired) electrons. The Morgan fingerprint density at radius 3 is 2.13 bits per heavy atom. The molecule has 0 saturated carbocycles. The van der Waals surface area contributed by atoms with Gasteiger partial charge in [0.1, 0.15) is 5.60 Å². The zero-order valence-electron chi connectivity index (χ0n) is 17.6. The maximum atomic E-state index is 13.1. The summed E-state index contributed by atoms with van der Waals surface area (Å²) in [6.07, 6.45) is 0.382. The molecule has 0 unspecified atom stereocenters. The lowest BCUT2D eigenvalue weighted by atomic mass is 10.1. The largest absolute Gasteiger partial charge is 0.444 e. The van der Waals surface area contributed by atoms with Crippen molar-refractivity contribution in [1.29, 1.82) is 0 Å². The first-order chi connectivity index (χ1) is 14.3. The molecule has 4 rings (SSSR count). The van der Waals surface area contributed by atoms with E-state index in [1.165, 1.54) is 0 Å². The number of rotatable bonds is 1. The zero-order chi connectivity index (χ0) is 21.3. The van der Waals surface area contributed by atoms with Gasteiger partial charge in [0.25, 0.3) is 5.91 Å². The molecule has 1 aliphatic heterocycles. The van der Waals surface area contributed by atoms with Crippen LogP contribution in [-0.2, 0) is 4.74 Å². The minimum Gasteiger partial charge on any atom is -0.444 e. The zero-order valence-corrected chi connectivity index (χ0v) is 17.6. The van der Waals surface area contributed by atoms with E-state index in [4.69, 9.17) is 4.74 Å². The van der Waals surface area contributed by atoms with E-state index >= 15 is 0 Å². The third kappa shape index (κ3) is 4.35. The van der Waals surface area contributed by atoms with E-state index in [9.17, 15) is 9.59 Å². The number of aromatic nitrogens is 2. The van der Waals surface area contributed by atoms with Gasteiger partial charge in [-0.2, -0.15) is 0 Å². The predicted molar refractivity (Wildman–Crippen MR) is 115 cm³/mol. The minimum atomic E-state index is -0.533. The fourth-order valence-corrected chi connectivity index (χ4v) is 3.57. The van der Waals surface area contributed by atoms with Gasteiger partial charge in [0, 0.05) is 31.7 Å². The van der Waals surface area contributed by atoms with Crippen molar-refractivity contribution >= 4 is 34.1 Å². The topological polar surface area (TPSA) is 75.6 Å². The summed E-state index contributed by atoms with van der Waals surface area (Å²) in [6.45, 7) is 7.66. The number of carbonyl (C=O) groups excluding carboxylic acids is 2. The SMILES string of the molecule is CC(C)(C)OC(=O)N1CCCN(C(=O)c2ccc3nc4ccccc4nc3c2)CC1. The normalized spacial score (nSPS) is 15.3. The highest BCUT2D eigenvalue weighted by Crippen LogP contribution is 2.19. The number of hydrogen-bond acceptors (Lipinski definition) is 5. The van der Waals surface area contributed by atoms with Gasteiger partial charge in [-0.05, 0) is 57.5 Å². The molecule has 1 fully saturated rings. The second-order valence-corrected chi connectivity index (χ2v) is 8.53. The third-order valence-corrected chi connectivity index (χ3v) is 5.02. The number of amides is 2. The summed E-state index contributed by atoms with van der Waals surface area (Å²) < 4.78 is 5.46. The Hall–Kier alpha value is -3.22. The van der Waals surface area contributed by atoms with Gasteiger partial charge in [0.05, 0.1) is 22.1 Å². The van der Waals surface area contributed by atoms with Crippen molar-refractivity contribution in [2.45, 2.75) is 32.8 Å². The molecule has 0 spiro atoms. The van der Waals surface area contributed by atoms with Crippen LogP contribution in [0, 0.1) is 0 Å². The molecule has 0 bridgehead atoms. The third-order valence-electron chi connectivity index (χ3n) is 5.02. The summed E-state index contributed by atoms with van der Waals surface area (Å²) in [4.78, 5) is 38.2. The second-order valence-electron chi connectivity index (χ2n) is 8.53. The highest BCUT2D eigenvalue weighted by atomic mass is 16.6. The maximum absolute atomic E-state index is 13.1. The smallest absolute Gasteiger partial charge is 0.410 e. The monoisotopic (exact) mass is 406 g/mol. The second kappa shape index (κ2) is 7.89. The number of para-hydroxylation sites is 2. The molecule has 3 aromatic rings. The van der Waals surface area contributed by atoms with Gasteiger partial charge in [-0.1, -0.05) is 12.1 Å².